The molecule has 108 valence electrons. The second kappa shape index (κ2) is 7.47. The number of sulfonamides is 1. The lowest BCUT2D eigenvalue weighted by Crippen LogP contribution is -2.29. The summed E-state index contributed by atoms with van der Waals surface area (Å²) in [4.78, 5) is 11.7. The Morgan fingerprint density at radius 2 is 1.74 bits per heavy atom. The Kier molecular flexibility index (Phi) is 7.04. The third-order valence-corrected chi connectivity index (χ3v) is 2.79. The van der Waals surface area contributed by atoms with Crippen LogP contribution in [0.5, 0.6) is 0 Å². The highest BCUT2D eigenvalue weighted by atomic mass is 35.5. The van der Waals surface area contributed by atoms with Gasteiger partial charge in [0.25, 0.3) is 0 Å². The van der Waals surface area contributed by atoms with Gasteiger partial charge >= 0.3 is 0 Å². The number of Topliss-reactive ketones (excluding diaryl/α,β-unsaturated/α-hetero) is 1. The number of anilines is 1. The zero-order chi connectivity index (χ0) is 13.8. The molecule has 0 unspecified atom stereocenters. The van der Waals surface area contributed by atoms with E-state index in [0.717, 1.165) is 6.26 Å². The summed E-state index contributed by atoms with van der Waals surface area (Å²) in [5, 5.41) is 3.04. The molecule has 0 atom stereocenters. The van der Waals surface area contributed by atoms with Crippen molar-refractivity contribution < 1.29 is 13.2 Å². The molecule has 0 bridgehead atoms. The molecule has 0 heterocycles. The lowest BCUT2D eigenvalue weighted by molar-refractivity contribution is 0.0988. The molecule has 0 spiro atoms. The topological polar surface area (TPSA) is 75.3 Å². The largest absolute Gasteiger partial charge is 0.307 e. The number of carbonyl (C=O) groups excluding carboxylic acids is 1. The van der Waals surface area contributed by atoms with E-state index in [9.17, 15) is 13.2 Å². The number of hydrogen-bond acceptors (Lipinski definition) is 4. The zero-order valence-corrected chi connectivity index (χ0v) is 12.8. The van der Waals surface area contributed by atoms with Crippen LogP contribution >= 0.6 is 12.4 Å². The predicted octanol–water partition coefficient (Wildman–Crippen LogP) is 1.66. The molecule has 2 N–H and O–H groups in total. The van der Waals surface area contributed by atoms with E-state index in [4.69, 9.17) is 0 Å². The Bertz CT molecular complexity index is 512. The minimum absolute atomic E-state index is 0. The third kappa shape index (κ3) is 7.15. The fraction of sp³-hybridized carbons (Fsp3) is 0.417. The number of carbonyl (C=O) groups is 1. The highest BCUT2D eigenvalue weighted by Gasteiger charge is 2.07. The van der Waals surface area contributed by atoms with Crippen molar-refractivity contribution >= 4 is 33.9 Å². The summed E-state index contributed by atoms with van der Waals surface area (Å²) < 4.78 is 24.4. The van der Waals surface area contributed by atoms with Crippen molar-refractivity contribution in [2.45, 2.75) is 19.9 Å². The molecule has 0 amide bonds. The third-order valence-electron chi connectivity index (χ3n) is 2.18. The molecule has 1 rings (SSSR count). The molecule has 0 fully saturated rings. The molecule has 0 aliphatic carbocycles. The fourth-order valence-corrected chi connectivity index (χ4v) is 1.90. The Hall–Kier alpha value is -1.11. The Balaban J connectivity index is 0.00000324. The van der Waals surface area contributed by atoms with E-state index in [1.165, 1.54) is 0 Å². The van der Waals surface area contributed by atoms with E-state index in [0.29, 0.717) is 11.3 Å². The first kappa shape index (κ1) is 17.9. The van der Waals surface area contributed by atoms with Gasteiger partial charge in [0.15, 0.2) is 5.78 Å². The Morgan fingerprint density at radius 1 is 1.21 bits per heavy atom. The van der Waals surface area contributed by atoms with E-state index in [1.807, 2.05) is 13.8 Å². The van der Waals surface area contributed by atoms with Crippen LogP contribution in [-0.2, 0) is 10.0 Å². The first-order valence-electron chi connectivity index (χ1n) is 5.62. The van der Waals surface area contributed by atoms with Gasteiger partial charge < -0.3 is 5.32 Å². The van der Waals surface area contributed by atoms with E-state index in [2.05, 4.69) is 10.0 Å². The number of nitrogens with one attached hydrogen (secondary N) is 2. The van der Waals surface area contributed by atoms with Crippen molar-refractivity contribution in [3.8, 4) is 0 Å². The molecule has 0 saturated carbocycles. The van der Waals surface area contributed by atoms with Gasteiger partial charge in [-0.15, -0.1) is 12.4 Å². The molecule has 0 aliphatic rings. The van der Waals surface area contributed by atoms with Crippen LogP contribution in [0.3, 0.4) is 0 Å². The predicted molar refractivity (Wildman–Crippen MR) is 79.6 cm³/mol. The maximum Gasteiger partial charge on any atom is 0.229 e. The van der Waals surface area contributed by atoms with Crippen molar-refractivity contribution in [3.63, 3.8) is 0 Å². The van der Waals surface area contributed by atoms with Gasteiger partial charge in [0.05, 0.1) is 12.8 Å². The summed E-state index contributed by atoms with van der Waals surface area (Å²) in [6, 6.07) is 6.61. The van der Waals surface area contributed by atoms with Gasteiger partial charge in [0.2, 0.25) is 10.0 Å². The van der Waals surface area contributed by atoms with Crippen LogP contribution in [0.15, 0.2) is 24.3 Å². The molecule has 7 heteroatoms. The number of benzene rings is 1. The average molecular weight is 307 g/mol. The van der Waals surface area contributed by atoms with Crippen LogP contribution in [0.4, 0.5) is 5.69 Å². The number of rotatable bonds is 6. The monoisotopic (exact) mass is 306 g/mol. The lowest BCUT2D eigenvalue weighted by atomic mass is 10.1. The molecule has 0 aromatic heterocycles. The van der Waals surface area contributed by atoms with Gasteiger partial charge in [-0.1, -0.05) is 13.8 Å². The van der Waals surface area contributed by atoms with Crippen LogP contribution in [0.25, 0.3) is 0 Å². The molecule has 5 nitrogen and oxygen atoms in total. The summed E-state index contributed by atoms with van der Waals surface area (Å²) in [5.74, 6) is -0.0189. The Labute approximate surface area is 120 Å². The van der Waals surface area contributed by atoms with E-state index in [-0.39, 0.29) is 30.8 Å². The molecule has 1 aromatic rings. The second-order valence-corrected chi connectivity index (χ2v) is 6.16. The first-order valence-corrected chi connectivity index (χ1v) is 7.51. The van der Waals surface area contributed by atoms with E-state index < -0.39 is 10.0 Å². The molecule has 19 heavy (non-hydrogen) atoms. The van der Waals surface area contributed by atoms with Crippen molar-refractivity contribution in [1.82, 2.24) is 5.32 Å². The number of hydrogen-bond donors (Lipinski definition) is 2. The maximum absolute atomic E-state index is 11.7. The maximum atomic E-state index is 11.7. The summed E-state index contributed by atoms with van der Waals surface area (Å²) >= 11 is 0. The van der Waals surface area contributed by atoms with Crippen LogP contribution < -0.4 is 10.0 Å². The summed E-state index contributed by atoms with van der Waals surface area (Å²) in [7, 11) is -3.28. The van der Waals surface area contributed by atoms with Crippen LogP contribution in [0, 0.1) is 0 Å². The van der Waals surface area contributed by atoms with E-state index >= 15 is 0 Å². The first-order chi connectivity index (χ1) is 8.28. The molecule has 0 aliphatic heterocycles. The molecular formula is C12H19ClN2O3S. The summed E-state index contributed by atoms with van der Waals surface area (Å²) in [6.45, 7) is 4.20. The minimum Gasteiger partial charge on any atom is -0.307 e. The fourth-order valence-electron chi connectivity index (χ4n) is 1.34. The molecular weight excluding hydrogens is 288 g/mol. The van der Waals surface area contributed by atoms with Crippen molar-refractivity contribution in [3.05, 3.63) is 29.8 Å². The molecule has 1 aromatic carbocycles. The average Bonchev–Trinajstić information content (AvgIpc) is 2.24. The normalized spacial score (nSPS) is 10.9. The minimum atomic E-state index is -3.28. The quantitative estimate of drug-likeness (QED) is 0.784. The summed E-state index contributed by atoms with van der Waals surface area (Å²) in [6.07, 6.45) is 1.08. The molecule has 0 radical (unpaired) electrons. The number of ketones is 1. The van der Waals surface area contributed by atoms with Crippen LogP contribution in [-0.4, -0.2) is 33.0 Å². The van der Waals surface area contributed by atoms with Crippen LogP contribution in [0.2, 0.25) is 0 Å². The zero-order valence-electron chi connectivity index (χ0n) is 11.1. The second-order valence-electron chi connectivity index (χ2n) is 4.41. The standard InChI is InChI=1S/C12H18N2O3S.ClH/c1-9(2)13-8-12(15)10-4-6-11(7-5-10)14-18(3,16)17;/h4-7,9,13-14H,8H2,1-3H3;1H. The van der Waals surface area contributed by atoms with Gasteiger partial charge in [-0.3, -0.25) is 9.52 Å². The SMILES string of the molecule is CC(C)NCC(=O)c1ccc(NS(C)(=O)=O)cc1.Cl. The number of halogens is 1. The van der Waals surface area contributed by atoms with Gasteiger partial charge in [-0.25, -0.2) is 8.42 Å². The van der Waals surface area contributed by atoms with E-state index in [1.54, 1.807) is 24.3 Å². The van der Waals surface area contributed by atoms with Crippen molar-refractivity contribution in [2.24, 2.45) is 0 Å². The van der Waals surface area contributed by atoms with Crippen molar-refractivity contribution in [1.29, 1.82) is 0 Å². The van der Waals surface area contributed by atoms with Crippen LogP contribution in [0.1, 0.15) is 24.2 Å². The molecule has 0 saturated heterocycles. The van der Waals surface area contributed by atoms with Crippen molar-refractivity contribution in [2.75, 3.05) is 17.5 Å². The highest BCUT2D eigenvalue weighted by Crippen LogP contribution is 2.11. The summed E-state index contributed by atoms with van der Waals surface area (Å²) in [5.41, 5.74) is 1.01. The highest BCUT2D eigenvalue weighted by molar-refractivity contribution is 7.92. The van der Waals surface area contributed by atoms with Gasteiger partial charge in [-0.05, 0) is 24.3 Å². The van der Waals surface area contributed by atoms with Gasteiger partial charge in [0, 0.05) is 17.3 Å². The lowest BCUT2D eigenvalue weighted by Gasteiger charge is -2.08. The Morgan fingerprint density at radius 3 is 2.16 bits per heavy atom. The van der Waals surface area contributed by atoms with Gasteiger partial charge in [0.1, 0.15) is 0 Å². The van der Waals surface area contributed by atoms with Gasteiger partial charge in [-0.2, -0.15) is 0 Å². The smallest absolute Gasteiger partial charge is 0.229 e.